The monoisotopic (exact) mass is 177 g/mol. The van der Waals surface area contributed by atoms with Gasteiger partial charge < -0.3 is 4.90 Å². The number of amides is 1. The smallest absolute Gasteiger partial charge is 0.298 e. The van der Waals surface area contributed by atoms with Gasteiger partial charge in [-0.3, -0.25) is 4.79 Å². The molecular formula is C11H15NO. The predicted molar refractivity (Wildman–Crippen MR) is 50.9 cm³/mol. The van der Waals surface area contributed by atoms with Crippen molar-refractivity contribution in [1.82, 2.24) is 4.90 Å². The Morgan fingerprint density at radius 1 is 1.15 bits per heavy atom. The summed E-state index contributed by atoms with van der Waals surface area (Å²) in [6.07, 6.45) is 5.98. The lowest BCUT2D eigenvalue weighted by molar-refractivity contribution is -0.124. The van der Waals surface area contributed by atoms with Gasteiger partial charge in [-0.05, 0) is 31.6 Å². The number of nitrogens with zero attached hydrogens (tertiary/aromatic N) is 1. The van der Waals surface area contributed by atoms with Crippen LogP contribution in [0.2, 0.25) is 0 Å². The average molecular weight is 177 g/mol. The third-order valence-corrected chi connectivity index (χ3v) is 2.88. The van der Waals surface area contributed by atoms with Crippen LogP contribution in [0.1, 0.15) is 32.1 Å². The van der Waals surface area contributed by atoms with Crippen LogP contribution < -0.4 is 0 Å². The SMILES string of the molecule is O=C(C#CC1CCC1)N1CCCC1. The predicted octanol–water partition coefficient (Wildman–Crippen LogP) is 1.41. The van der Waals surface area contributed by atoms with Crippen molar-refractivity contribution in [3.05, 3.63) is 0 Å². The maximum Gasteiger partial charge on any atom is 0.298 e. The standard InChI is InChI=1S/C11H15NO/c13-11(12-8-1-2-9-12)7-6-10-4-3-5-10/h10H,1-5,8-9H2. The first-order chi connectivity index (χ1) is 6.36. The van der Waals surface area contributed by atoms with Crippen LogP contribution in [-0.2, 0) is 4.79 Å². The Bertz CT molecular complexity index is 251. The van der Waals surface area contributed by atoms with Gasteiger partial charge in [-0.15, -0.1) is 0 Å². The van der Waals surface area contributed by atoms with Crippen molar-refractivity contribution in [2.24, 2.45) is 5.92 Å². The molecule has 0 bridgehead atoms. The summed E-state index contributed by atoms with van der Waals surface area (Å²) in [7, 11) is 0. The van der Waals surface area contributed by atoms with Crippen LogP contribution in [0, 0.1) is 17.8 Å². The lowest BCUT2D eigenvalue weighted by atomic mass is 9.86. The minimum Gasteiger partial charge on any atom is -0.332 e. The molecule has 1 aliphatic carbocycles. The van der Waals surface area contributed by atoms with Crippen LogP contribution in [0.5, 0.6) is 0 Å². The first-order valence-corrected chi connectivity index (χ1v) is 5.17. The van der Waals surface area contributed by atoms with Crippen molar-refractivity contribution >= 4 is 5.91 Å². The fourth-order valence-corrected chi connectivity index (χ4v) is 1.72. The van der Waals surface area contributed by atoms with Gasteiger partial charge in [-0.25, -0.2) is 0 Å². The van der Waals surface area contributed by atoms with E-state index in [-0.39, 0.29) is 5.91 Å². The molecule has 0 aromatic carbocycles. The molecule has 0 aromatic rings. The van der Waals surface area contributed by atoms with Crippen molar-refractivity contribution in [3.8, 4) is 11.8 Å². The molecule has 2 rings (SSSR count). The Labute approximate surface area is 79.3 Å². The molecule has 0 aromatic heterocycles. The molecule has 0 unspecified atom stereocenters. The normalized spacial score (nSPS) is 22.0. The highest BCUT2D eigenvalue weighted by Crippen LogP contribution is 2.24. The van der Waals surface area contributed by atoms with Crippen LogP contribution in [0.25, 0.3) is 0 Å². The zero-order valence-electron chi connectivity index (χ0n) is 7.88. The fourth-order valence-electron chi connectivity index (χ4n) is 1.72. The molecular weight excluding hydrogens is 162 g/mol. The molecule has 1 amide bonds. The first kappa shape index (κ1) is 8.62. The van der Waals surface area contributed by atoms with E-state index in [1.807, 2.05) is 4.90 Å². The number of carbonyl (C=O) groups excluding carboxylic acids is 1. The second-order valence-corrected chi connectivity index (χ2v) is 3.90. The molecule has 2 fully saturated rings. The molecule has 0 atom stereocenters. The van der Waals surface area contributed by atoms with E-state index in [1.54, 1.807) is 0 Å². The van der Waals surface area contributed by atoms with Crippen LogP contribution in [0.3, 0.4) is 0 Å². The summed E-state index contributed by atoms with van der Waals surface area (Å²) < 4.78 is 0. The first-order valence-electron chi connectivity index (χ1n) is 5.17. The van der Waals surface area contributed by atoms with E-state index in [9.17, 15) is 4.79 Å². The Kier molecular flexibility index (Phi) is 2.54. The van der Waals surface area contributed by atoms with Gasteiger partial charge in [-0.1, -0.05) is 12.3 Å². The topological polar surface area (TPSA) is 20.3 Å². The highest BCUT2D eigenvalue weighted by molar-refractivity contribution is 5.93. The summed E-state index contributed by atoms with van der Waals surface area (Å²) in [5, 5.41) is 0. The number of rotatable bonds is 0. The maximum absolute atomic E-state index is 11.4. The van der Waals surface area contributed by atoms with Crippen molar-refractivity contribution in [2.75, 3.05) is 13.1 Å². The molecule has 1 heterocycles. The van der Waals surface area contributed by atoms with Crippen molar-refractivity contribution in [1.29, 1.82) is 0 Å². The quantitative estimate of drug-likeness (QED) is 0.512. The minimum absolute atomic E-state index is 0.0457. The molecule has 2 nitrogen and oxygen atoms in total. The van der Waals surface area contributed by atoms with Gasteiger partial charge >= 0.3 is 0 Å². The highest BCUT2D eigenvalue weighted by Gasteiger charge is 2.17. The van der Waals surface area contributed by atoms with Crippen molar-refractivity contribution in [3.63, 3.8) is 0 Å². The van der Waals surface area contributed by atoms with E-state index in [0.29, 0.717) is 5.92 Å². The van der Waals surface area contributed by atoms with Gasteiger partial charge in [0, 0.05) is 19.0 Å². The van der Waals surface area contributed by atoms with Crippen molar-refractivity contribution < 1.29 is 4.79 Å². The van der Waals surface area contributed by atoms with Gasteiger partial charge in [0.25, 0.3) is 5.91 Å². The van der Waals surface area contributed by atoms with E-state index in [2.05, 4.69) is 11.8 Å². The van der Waals surface area contributed by atoms with Crippen LogP contribution >= 0.6 is 0 Å². The fraction of sp³-hybridized carbons (Fsp3) is 0.727. The number of hydrogen-bond acceptors (Lipinski definition) is 1. The zero-order valence-corrected chi connectivity index (χ0v) is 7.88. The Morgan fingerprint density at radius 3 is 2.38 bits per heavy atom. The zero-order chi connectivity index (χ0) is 9.10. The molecule has 13 heavy (non-hydrogen) atoms. The second-order valence-electron chi connectivity index (χ2n) is 3.90. The largest absolute Gasteiger partial charge is 0.332 e. The Morgan fingerprint density at radius 2 is 1.85 bits per heavy atom. The second kappa shape index (κ2) is 3.83. The molecule has 2 heteroatoms. The van der Waals surface area contributed by atoms with Gasteiger partial charge in [0.15, 0.2) is 0 Å². The summed E-state index contributed by atoms with van der Waals surface area (Å²) in [5.41, 5.74) is 0. The number of likely N-dealkylation sites (tertiary alicyclic amines) is 1. The molecule has 2 aliphatic rings. The van der Waals surface area contributed by atoms with Gasteiger partial charge in [0.1, 0.15) is 0 Å². The minimum atomic E-state index is 0.0457. The lowest BCUT2D eigenvalue weighted by Crippen LogP contribution is -2.26. The lowest BCUT2D eigenvalue weighted by Gasteiger charge is -2.18. The molecule has 1 saturated carbocycles. The third-order valence-electron chi connectivity index (χ3n) is 2.88. The number of carbonyl (C=O) groups is 1. The van der Waals surface area contributed by atoms with Crippen LogP contribution in [0.4, 0.5) is 0 Å². The molecule has 70 valence electrons. The Balaban J connectivity index is 1.84. The summed E-state index contributed by atoms with van der Waals surface area (Å²) >= 11 is 0. The Hall–Kier alpha value is -0.970. The van der Waals surface area contributed by atoms with E-state index in [4.69, 9.17) is 0 Å². The molecule has 1 aliphatic heterocycles. The maximum atomic E-state index is 11.4. The van der Waals surface area contributed by atoms with Gasteiger partial charge in [0.05, 0.1) is 0 Å². The molecule has 1 saturated heterocycles. The van der Waals surface area contributed by atoms with E-state index in [1.165, 1.54) is 19.3 Å². The molecule has 0 spiro atoms. The molecule has 0 radical (unpaired) electrons. The van der Waals surface area contributed by atoms with Gasteiger partial charge in [0.2, 0.25) is 0 Å². The average Bonchev–Trinajstić information content (AvgIpc) is 2.52. The molecule has 0 N–H and O–H groups in total. The van der Waals surface area contributed by atoms with E-state index in [0.717, 1.165) is 25.9 Å². The summed E-state index contributed by atoms with van der Waals surface area (Å²) in [4.78, 5) is 13.3. The summed E-state index contributed by atoms with van der Waals surface area (Å²) in [6, 6.07) is 0. The third kappa shape index (κ3) is 2.03. The summed E-state index contributed by atoms with van der Waals surface area (Å²) in [6.45, 7) is 1.83. The van der Waals surface area contributed by atoms with Crippen LogP contribution in [-0.4, -0.2) is 23.9 Å². The van der Waals surface area contributed by atoms with E-state index < -0.39 is 0 Å². The van der Waals surface area contributed by atoms with Crippen molar-refractivity contribution in [2.45, 2.75) is 32.1 Å². The van der Waals surface area contributed by atoms with Gasteiger partial charge in [-0.2, -0.15) is 0 Å². The summed E-state index contributed by atoms with van der Waals surface area (Å²) in [5.74, 6) is 6.38. The highest BCUT2D eigenvalue weighted by atomic mass is 16.2. The van der Waals surface area contributed by atoms with E-state index >= 15 is 0 Å². The number of hydrogen-bond donors (Lipinski definition) is 0. The van der Waals surface area contributed by atoms with Crippen LogP contribution in [0.15, 0.2) is 0 Å².